The van der Waals surface area contributed by atoms with Crippen molar-refractivity contribution >= 4 is 21.6 Å². The average Bonchev–Trinajstić information content (AvgIpc) is 2.38. The first-order valence-electron chi connectivity index (χ1n) is 5.34. The Labute approximate surface area is 115 Å². The van der Waals surface area contributed by atoms with Crippen LogP contribution >= 0.6 is 11.6 Å². The third kappa shape index (κ3) is 3.50. The van der Waals surface area contributed by atoms with Crippen molar-refractivity contribution in [3.05, 3.63) is 59.1 Å². The van der Waals surface area contributed by atoms with Crippen LogP contribution in [-0.4, -0.2) is 13.4 Å². The van der Waals surface area contributed by atoms with Crippen LogP contribution in [0.15, 0.2) is 47.5 Å². The first-order valence-corrected chi connectivity index (χ1v) is 7.20. The predicted octanol–water partition coefficient (Wildman–Crippen LogP) is 2.35. The Morgan fingerprint density at radius 3 is 2.68 bits per heavy atom. The quantitative estimate of drug-likeness (QED) is 0.882. The van der Waals surface area contributed by atoms with Gasteiger partial charge in [0.05, 0.1) is 4.90 Å². The summed E-state index contributed by atoms with van der Waals surface area (Å²) in [6.45, 7) is -0.130. The van der Waals surface area contributed by atoms with Gasteiger partial charge in [-0.25, -0.2) is 22.5 Å². The lowest BCUT2D eigenvalue weighted by Gasteiger charge is -2.07. The molecule has 0 radical (unpaired) electrons. The SMILES string of the molecule is O=S(=O)(NCc1ccccc1F)c1ccnc(Cl)c1. The van der Waals surface area contributed by atoms with Crippen LogP contribution in [0.5, 0.6) is 0 Å². The lowest BCUT2D eigenvalue weighted by molar-refractivity contribution is 0.574. The lowest BCUT2D eigenvalue weighted by Crippen LogP contribution is -2.23. The summed E-state index contributed by atoms with van der Waals surface area (Å²) < 4.78 is 39.6. The third-order valence-corrected chi connectivity index (χ3v) is 4.02. The van der Waals surface area contributed by atoms with Crippen LogP contribution in [0.1, 0.15) is 5.56 Å². The number of rotatable bonds is 4. The van der Waals surface area contributed by atoms with E-state index in [2.05, 4.69) is 9.71 Å². The van der Waals surface area contributed by atoms with Gasteiger partial charge in [-0.15, -0.1) is 0 Å². The normalized spacial score (nSPS) is 11.5. The molecule has 0 saturated heterocycles. The van der Waals surface area contributed by atoms with Crippen LogP contribution in [0.3, 0.4) is 0 Å². The molecule has 1 N–H and O–H groups in total. The molecule has 0 atom stereocenters. The van der Waals surface area contributed by atoms with Crippen molar-refractivity contribution in [2.45, 2.75) is 11.4 Å². The van der Waals surface area contributed by atoms with Crippen molar-refractivity contribution in [2.75, 3.05) is 0 Å². The number of hydrogen-bond acceptors (Lipinski definition) is 3. The molecule has 1 heterocycles. The Kier molecular flexibility index (Phi) is 4.14. The number of nitrogens with zero attached hydrogens (tertiary/aromatic N) is 1. The molecule has 0 amide bonds. The zero-order valence-electron chi connectivity index (χ0n) is 9.68. The van der Waals surface area contributed by atoms with E-state index in [1.165, 1.54) is 36.5 Å². The summed E-state index contributed by atoms with van der Waals surface area (Å²) >= 11 is 5.63. The van der Waals surface area contributed by atoms with E-state index in [1.54, 1.807) is 6.07 Å². The Hall–Kier alpha value is -1.50. The number of benzene rings is 1. The van der Waals surface area contributed by atoms with Gasteiger partial charge in [0.2, 0.25) is 10.0 Å². The van der Waals surface area contributed by atoms with Crippen molar-refractivity contribution < 1.29 is 12.8 Å². The summed E-state index contributed by atoms with van der Waals surface area (Å²) in [4.78, 5) is 3.69. The molecule has 0 spiro atoms. The summed E-state index contributed by atoms with van der Waals surface area (Å²) in [5, 5.41) is 0.0776. The molecule has 100 valence electrons. The monoisotopic (exact) mass is 300 g/mol. The molecule has 0 unspecified atom stereocenters. The number of halogens is 2. The molecule has 0 aliphatic rings. The van der Waals surface area contributed by atoms with E-state index in [1.807, 2.05) is 0 Å². The largest absolute Gasteiger partial charge is 0.244 e. The molecule has 7 heteroatoms. The minimum atomic E-state index is -3.74. The number of nitrogens with one attached hydrogen (secondary N) is 1. The van der Waals surface area contributed by atoms with Crippen molar-refractivity contribution in [1.29, 1.82) is 0 Å². The molecule has 0 bridgehead atoms. The van der Waals surface area contributed by atoms with Crippen molar-refractivity contribution in [2.24, 2.45) is 0 Å². The summed E-state index contributed by atoms with van der Waals surface area (Å²) in [7, 11) is -3.74. The van der Waals surface area contributed by atoms with E-state index in [9.17, 15) is 12.8 Å². The second-order valence-corrected chi connectivity index (χ2v) is 5.88. The molecule has 0 saturated carbocycles. The Morgan fingerprint density at radius 1 is 1.26 bits per heavy atom. The van der Waals surface area contributed by atoms with E-state index >= 15 is 0 Å². The first-order chi connectivity index (χ1) is 8.99. The summed E-state index contributed by atoms with van der Waals surface area (Å²) in [5.74, 6) is -0.460. The van der Waals surface area contributed by atoms with Gasteiger partial charge in [-0.1, -0.05) is 29.8 Å². The third-order valence-electron chi connectivity index (χ3n) is 2.42. The molecule has 1 aromatic heterocycles. The molecule has 1 aromatic carbocycles. The highest BCUT2D eigenvalue weighted by Crippen LogP contribution is 2.13. The number of pyridine rings is 1. The van der Waals surface area contributed by atoms with E-state index in [0.29, 0.717) is 0 Å². The Bertz CT molecular complexity index is 692. The molecule has 4 nitrogen and oxygen atoms in total. The van der Waals surface area contributed by atoms with Crippen molar-refractivity contribution in [3.8, 4) is 0 Å². The van der Waals surface area contributed by atoms with E-state index in [-0.39, 0.29) is 22.2 Å². The first kappa shape index (κ1) is 13.9. The number of aromatic nitrogens is 1. The van der Waals surface area contributed by atoms with Crippen LogP contribution in [0.2, 0.25) is 5.15 Å². The van der Waals surface area contributed by atoms with Gasteiger partial charge in [0, 0.05) is 18.3 Å². The number of hydrogen-bond donors (Lipinski definition) is 1. The highest BCUT2D eigenvalue weighted by atomic mass is 35.5. The smallest absolute Gasteiger partial charge is 0.241 e. The molecule has 0 fully saturated rings. The van der Waals surface area contributed by atoms with E-state index in [0.717, 1.165) is 0 Å². The minimum absolute atomic E-state index is 0.0103. The van der Waals surface area contributed by atoms with Crippen LogP contribution in [-0.2, 0) is 16.6 Å². The highest BCUT2D eigenvalue weighted by molar-refractivity contribution is 7.89. The van der Waals surface area contributed by atoms with Gasteiger partial charge in [0.1, 0.15) is 11.0 Å². The maximum atomic E-state index is 13.4. The second kappa shape index (κ2) is 5.64. The minimum Gasteiger partial charge on any atom is -0.244 e. The lowest BCUT2D eigenvalue weighted by atomic mass is 10.2. The Balaban J connectivity index is 2.17. The van der Waals surface area contributed by atoms with Gasteiger partial charge < -0.3 is 0 Å². The van der Waals surface area contributed by atoms with Crippen molar-refractivity contribution in [3.63, 3.8) is 0 Å². The Morgan fingerprint density at radius 2 is 2.00 bits per heavy atom. The summed E-state index contributed by atoms with van der Waals surface area (Å²) in [6.07, 6.45) is 1.29. The fraction of sp³-hybridized carbons (Fsp3) is 0.0833. The second-order valence-electron chi connectivity index (χ2n) is 3.73. The van der Waals surface area contributed by atoms with Gasteiger partial charge in [-0.2, -0.15) is 0 Å². The van der Waals surface area contributed by atoms with Crippen LogP contribution in [0.4, 0.5) is 4.39 Å². The van der Waals surface area contributed by atoms with Crippen LogP contribution in [0.25, 0.3) is 0 Å². The van der Waals surface area contributed by atoms with E-state index in [4.69, 9.17) is 11.6 Å². The highest BCUT2D eigenvalue weighted by Gasteiger charge is 2.15. The topological polar surface area (TPSA) is 59.1 Å². The predicted molar refractivity (Wildman–Crippen MR) is 69.7 cm³/mol. The van der Waals surface area contributed by atoms with Crippen LogP contribution in [0, 0.1) is 5.82 Å². The summed E-state index contributed by atoms with van der Waals surface area (Å²) in [5.41, 5.74) is 0.270. The average molecular weight is 301 g/mol. The zero-order chi connectivity index (χ0) is 13.9. The van der Waals surface area contributed by atoms with Gasteiger partial charge in [-0.3, -0.25) is 0 Å². The molecule has 2 aromatic rings. The van der Waals surface area contributed by atoms with Crippen LogP contribution < -0.4 is 4.72 Å². The molecular weight excluding hydrogens is 291 g/mol. The molecule has 0 aliphatic heterocycles. The standard InChI is InChI=1S/C12H10ClFN2O2S/c13-12-7-10(5-6-15-12)19(17,18)16-8-9-3-1-2-4-11(9)14/h1-7,16H,8H2. The van der Waals surface area contributed by atoms with E-state index < -0.39 is 15.8 Å². The van der Waals surface area contributed by atoms with Gasteiger partial charge >= 0.3 is 0 Å². The fourth-order valence-corrected chi connectivity index (χ4v) is 2.71. The summed E-state index contributed by atoms with van der Waals surface area (Å²) in [6, 6.07) is 8.50. The number of sulfonamides is 1. The zero-order valence-corrected chi connectivity index (χ0v) is 11.2. The molecule has 2 rings (SSSR count). The molecule has 0 aliphatic carbocycles. The van der Waals surface area contributed by atoms with Crippen molar-refractivity contribution in [1.82, 2.24) is 9.71 Å². The molecular formula is C12H10ClFN2O2S. The van der Waals surface area contributed by atoms with Gasteiger partial charge in [0.15, 0.2) is 0 Å². The maximum Gasteiger partial charge on any atom is 0.241 e. The maximum absolute atomic E-state index is 13.4. The van der Waals surface area contributed by atoms with Gasteiger partial charge in [0.25, 0.3) is 0 Å². The van der Waals surface area contributed by atoms with Gasteiger partial charge in [-0.05, 0) is 18.2 Å². The molecule has 19 heavy (non-hydrogen) atoms. The fourth-order valence-electron chi connectivity index (χ4n) is 1.45.